The Morgan fingerprint density at radius 3 is 2.79 bits per heavy atom. The molecule has 0 saturated carbocycles. The van der Waals surface area contributed by atoms with E-state index in [9.17, 15) is 4.79 Å². The van der Waals surface area contributed by atoms with E-state index in [1.165, 1.54) is 5.56 Å². The van der Waals surface area contributed by atoms with E-state index >= 15 is 0 Å². The van der Waals surface area contributed by atoms with E-state index in [0.29, 0.717) is 23.7 Å². The minimum Gasteiger partial charge on any atom is -0.497 e. The van der Waals surface area contributed by atoms with Crippen molar-refractivity contribution in [2.75, 3.05) is 12.4 Å². The number of carbonyl (C=O) groups is 1. The highest BCUT2D eigenvalue weighted by molar-refractivity contribution is 6.04. The predicted octanol–water partition coefficient (Wildman–Crippen LogP) is 3.50. The Labute approximate surface area is 140 Å². The highest BCUT2D eigenvalue weighted by Gasteiger charge is 2.10. The van der Waals surface area contributed by atoms with Gasteiger partial charge in [-0.3, -0.25) is 4.79 Å². The topological polar surface area (TPSA) is 56.1 Å². The standard InChI is InChI=1S/C19H19N3O2/c1-14-5-3-6-15(11-14)13-22-18(9-10-20-22)21-19(23)16-7-4-8-17(12-16)24-2/h3-12H,13H2,1-2H3,(H,21,23). The average molecular weight is 321 g/mol. The van der Waals surface area contributed by atoms with E-state index in [2.05, 4.69) is 29.5 Å². The zero-order chi connectivity index (χ0) is 16.9. The fraction of sp³-hybridized carbons (Fsp3) is 0.158. The van der Waals surface area contributed by atoms with Gasteiger partial charge in [0.25, 0.3) is 5.91 Å². The molecule has 1 amide bonds. The molecule has 24 heavy (non-hydrogen) atoms. The summed E-state index contributed by atoms with van der Waals surface area (Å²) < 4.78 is 6.93. The number of aryl methyl sites for hydroxylation is 1. The molecule has 0 aliphatic carbocycles. The summed E-state index contributed by atoms with van der Waals surface area (Å²) in [5.74, 6) is 1.11. The molecule has 0 spiro atoms. The van der Waals surface area contributed by atoms with Crippen LogP contribution in [-0.4, -0.2) is 22.8 Å². The lowest BCUT2D eigenvalue weighted by atomic mass is 10.1. The first-order chi connectivity index (χ1) is 11.7. The van der Waals surface area contributed by atoms with Crippen molar-refractivity contribution in [2.45, 2.75) is 13.5 Å². The molecular formula is C19H19N3O2. The van der Waals surface area contributed by atoms with Gasteiger partial charge in [0.15, 0.2) is 0 Å². The maximum absolute atomic E-state index is 12.4. The van der Waals surface area contributed by atoms with Crippen molar-refractivity contribution in [3.05, 3.63) is 77.5 Å². The highest BCUT2D eigenvalue weighted by Crippen LogP contribution is 2.16. The van der Waals surface area contributed by atoms with E-state index in [0.717, 1.165) is 5.56 Å². The van der Waals surface area contributed by atoms with E-state index in [4.69, 9.17) is 4.74 Å². The minimum absolute atomic E-state index is 0.195. The third kappa shape index (κ3) is 3.63. The van der Waals surface area contributed by atoms with Crippen LogP contribution >= 0.6 is 0 Å². The van der Waals surface area contributed by atoms with Crippen LogP contribution in [0.4, 0.5) is 5.82 Å². The second-order valence-electron chi connectivity index (χ2n) is 5.55. The molecule has 0 saturated heterocycles. The van der Waals surface area contributed by atoms with Crippen molar-refractivity contribution >= 4 is 11.7 Å². The van der Waals surface area contributed by atoms with Crippen molar-refractivity contribution in [3.8, 4) is 5.75 Å². The van der Waals surface area contributed by atoms with Gasteiger partial charge in [0.1, 0.15) is 11.6 Å². The Hall–Kier alpha value is -3.08. The first-order valence-electron chi connectivity index (χ1n) is 7.68. The van der Waals surface area contributed by atoms with Gasteiger partial charge < -0.3 is 10.1 Å². The van der Waals surface area contributed by atoms with Gasteiger partial charge in [-0.25, -0.2) is 4.68 Å². The maximum atomic E-state index is 12.4. The van der Waals surface area contributed by atoms with E-state index in [1.807, 2.05) is 12.1 Å². The van der Waals surface area contributed by atoms with Crippen molar-refractivity contribution in [3.63, 3.8) is 0 Å². The molecule has 2 aromatic carbocycles. The Kier molecular flexibility index (Phi) is 4.61. The van der Waals surface area contributed by atoms with Crippen LogP contribution in [0.2, 0.25) is 0 Å². The predicted molar refractivity (Wildman–Crippen MR) is 93.5 cm³/mol. The van der Waals surface area contributed by atoms with Gasteiger partial charge in [0.05, 0.1) is 19.9 Å². The maximum Gasteiger partial charge on any atom is 0.256 e. The second kappa shape index (κ2) is 7.00. The number of ether oxygens (including phenoxy) is 1. The number of anilines is 1. The molecule has 122 valence electrons. The van der Waals surface area contributed by atoms with Gasteiger partial charge >= 0.3 is 0 Å². The van der Waals surface area contributed by atoms with Crippen LogP contribution in [0.3, 0.4) is 0 Å². The third-order valence-electron chi connectivity index (χ3n) is 3.70. The smallest absolute Gasteiger partial charge is 0.256 e. The lowest BCUT2D eigenvalue weighted by Gasteiger charge is -2.10. The number of carbonyl (C=O) groups excluding carboxylic acids is 1. The molecule has 0 fully saturated rings. The Morgan fingerprint density at radius 1 is 1.17 bits per heavy atom. The molecule has 0 radical (unpaired) electrons. The molecular weight excluding hydrogens is 302 g/mol. The fourth-order valence-electron chi connectivity index (χ4n) is 2.50. The number of aromatic nitrogens is 2. The van der Waals surface area contributed by atoms with Gasteiger partial charge in [-0.05, 0) is 30.7 Å². The first-order valence-corrected chi connectivity index (χ1v) is 7.68. The van der Waals surface area contributed by atoms with Gasteiger partial charge in [-0.1, -0.05) is 35.9 Å². The number of hydrogen-bond donors (Lipinski definition) is 1. The summed E-state index contributed by atoms with van der Waals surface area (Å²) in [6, 6.07) is 17.1. The van der Waals surface area contributed by atoms with Gasteiger partial charge in [-0.15, -0.1) is 0 Å². The number of methoxy groups -OCH3 is 1. The molecule has 0 aliphatic rings. The fourth-order valence-corrected chi connectivity index (χ4v) is 2.50. The average Bonchev–Trinajstić information content (AvgIpc) is 3.01. The Morgan fingerprint density at radius 2 is 2.00 bits per heavy atom. The molecule has 1 aromatic heterocycles. The number of nitrogens with zero attached hydrogens (tertiary/aromatic N) is 2. The van der Waals surface area contributed by atoms with Crippen LogP contribution in [-0.2, 0) is 6.54 Å². The number of hydrogen-bond acceptors (Lipinski definition) is 3. The summed E-state index contributed by atoms with van der Waals surface area (Å²) in [6.45, 7) is 2.65. The van der Waals surface area contributed by atoms with Crippen LogP contribution in [0.5, 0.6) is 5.75 Å². The summed E-state index contributed by atoms with van der Waals surface area (Å²) in [5, 5.41) is 7.20. The lowest BCUT2D eigenvalue weighted by molar-refractivity contribution is 0.102. The number of amides is 1. The van der Waals surface area contributed by atoms with E-state index in [1.54, 1.807) is 48.3 Å². The number of benzene rings is 2. The molecule has 1 heterocycles. The molecule has 1 N–H and O–H groups in total. The number of rotatable bonds is 5. The van der Waals surface area contributed by atoms with Gasteiger partial charge in [0.2, 0.25) is 0 Å². The van der Waals surface area contributed by atoms with Crippen molar-refractivity contribution in [1.29, 1.82) is 0 Å². The molecule has 0 aliphatic heterocycles. The summed E-state index contributed by atoms with van der Waals surface area (Å²) in [5.41, 5.74) is 2.87. The molecule has 3 rings (SSSR count). The monoisotopic (exact) mass is 321 g/mol. The van der Waals surface area contributed by atoms with Crippen molar-refractivity contribution < 1.29 is 9.53 Å². The Balaban J connectivity index is 1.76. The molecule has 0 bridgehead atoms. The van der Waals surface area contributed by atoms with E-state index in [-0.39, 0.29) is 5.91 Å². The summed E-state index contributed by atoms with van der Waals surface area (Å²) in [6.07, 6.45) is 1.68. The summed E-state index contributed by atoms with van der Waals surface area (Å²) in [7, 11) is 1.58. The first kappa shape index (κ1) is 15.8. The number of nitrogens with one attached hydrogen (secondary N) is 1. The van der Waals surface area contributed by atoms with Gasteiger partial charge in [0, 0.05) is 11.6 Å². The van der Waals surface area contributed by atoms with Crippen LogP contribution in [0, 0.1) is 6.92 Å². The Bertz CT molecular complexity index is 855. The second-order valence-corrected chi connectivity index (χ2v) is 5.55. The molecule has 0 atom stereocenters. The SMILES string of the molecule is COc1cccc(C(=O)Nc2ccnn2Cc2cccc(C)c2)c1. The molecule has 0 unspecified atom stereocenters. The van der Waals surface area contributed by atoms with Crippen molar-refractivity contribution in [2.24, 2.45) is 0 Å². The summed E-state index contributed by atoms with van der Waals surface area (Å²) in [4.78, 5) is 12.4. The normalized spacial score (nSPS) is 10.4. The largest absolute Gasteiger partial charge is 0.497 e. The molecule has 5 heteroatoms. The highest BCUT2D eigenvalue weighted by atomic mass is 16.5. The summed E-state index contributed by atoms with van der Waals surface area (Å²) >= 11 is 0. The van der Waals surface area contributed by atoms with E-state index < -0.39 is 0 Å². The molecule has 5 nitrogen and oxygen atoms in total. The van der Waals surface area contributed by atoms with Crippen LogP contribution in [0.25, 0.3) is 0 Å². The minimum atomic E-state index is -0.195. The molecule has 3 aromatic rings. The quantitative estimate of drug-likeness (QED) is 0.782. The lowest BCUT2D eigenvalue weighted by Crippen LogP contribution is -2.16. The van der Waals surface area contributed by atoms with Gasteiger partial charge in [-0.2, -0.15) is 5.10 Å². The van der Waals surface area contributed by atoms with Crippen molar-refractivity contribution in [1.82, 2.24) is 9.78 Å². The third-order valence-corrected chi connectivity index (χ3v) is 3.70. The van der Waals surface area contributed by atoms with Crippen LogP contribution in [0.1, 0.15) is 21.5 Å². The van der Waals surface area contributed by atoms with Crippen LogP contribution in [0.15, 0.2) is 60.8 Å². The van der Waals surface area contributed by atoms with Crippen LogP contribution < -0.4 is 10.1 Å². The zero-order valence-electron chi connectivity index (χ0n) is 13.7. The zero-order valence-corrected chi connectivity index (χ0v) is 13.7.